The summed E-state index contributed by atoms with van der Waals surface area (Å²) in [5, 5.41) is 4.28. The van der Waals surface area contributed by atoms with Crippen LogP contribution < -0.4 is 0 Å². The molecule has 0 atom stereocenters. The molecule has 0 saturated carbocycles. The number of nitrogens with one attached hydrogen (secondary N) is 1. The first-order chi connectivity index (χ1) is 8.35. The highest BCUT2D eigenvalue weighted by atomic mass is 32.1. The Morgan fingerprint density at radius 1 is 1.24 bits per heavy atom. The highest BCUT2D eigenvalue weighted by Crippen LogP contribution is 2.17. The molecule has 2 aromatic heterocycles. The van der Waals surface area contributed by atoms with Gasteiger partial charge in [0.05, 0.1) is 11.0 Å². The molecule has 17 heavy (non-hydrogen) atoms. The lowest BCUT2D eigenvalue weighted by atomic mass is 10.1. The zero-order valence-corrected chi connectivity index (χ0v) is 10.6. The van der Waals surface area contributed by atoms with Crippen molar-refractivity contribution in [2.24, 2.45) is 0 Å². The Kier molecular flexibility index (Phi) is 2.69. The van der Waals surface area contributed by atoms with Gasteiger partial charge in [-0.2, -0.15) is 11.3 Å². The van der Waals surface area contributed by atoms with E-state index in [4.69, 9.17) is 0 Å². The van der Waals surface area contributed by atoms with Gasteiger partial charge >= 0.3 is 0 Å². The van der Waals surface area contributed by atoms with Crippen LogP contribution in [0.3, 0.4) is 0 Å². The first-order valence-corrected chi connectivity index (χ1v) is 6.78. The van der Waals surface area contributed by atoms with Crippen molar-refractivity contribution in [1.82, 2.24) is 9.97 Å². The Hall–Kier alpha value is -1.61. The van der Waals surface area contributed by atoms with Gasteiger partial charge in [0, 0.05) is 6.42 Å². The number of hydrogen-bond acceptors (Lipinski definition) is 2. The van der Waals surface area contributed by atoms with Crippen LogP contribution in [-0.2, 0) is 12.8 Å². The number of thiophene rings is 1. The van der Waals surface area contributed by atoms with Crippen LogP contribution >= 0.6 is 11.3 Å². The molecule has 86 valence electrons. The third-order valence-electron chi connectivity index (χ3n) is 2.96. The number of H-pyrrole nitrogens is 1. The average Bonchev–Trinajstić information content (AvgIpc) is 2.96. The van der Waals surface area contributed by atoms with Crippen molar-refractivity contribution >= 4 is 22.4 Å². The first-order valence-electron chi connectivity index (χ1n) is 5.84. The van der Waals surface area contributed by atoms with Gasteiger partial charge in [0.2, 0.25) is 0 Å². The first kappa shape index (κ1) is 10.5. The number of aromatic amines is 1. The quantitative estimate of drug-likeness (QED) is 0.744. The number of aromatic nitrogens is 2. The fraction of sp³-hybridized carbons (Fsp3) is 0.214. The van der Waals surface area contributed by atoms with Crippen molar-refractivity contribution in [3.63, 3.8) is 0 Å². The lowest BCUT2D eigenvalue weighted by Crippen LogP contribution is -1.87. The summed E-state index contributed by atoms with van der Waals surface area (Å²) < 4.78 is 0. The van der Waals surface area contributed by atoms with Crippen LogP contribution in [0.2, 0.25) is 0 Å². The molecule has 0 aliphatic carbocycles. The topological polar surface area (TPSA) is 28.7 Å². The molecule has 1 aromatic carbocycles. The normalized spacial score (nSPS) is 11.1. The van der Waals surface area contributed by atoms with E-state index in [1.165, 1.54) is 11.1 Å². The largest absolute Gasteiger partial charge is 0.342 e. The van der Waals surface area contributed by atoms with Crippen LogP contribution in [0.5, 0.6) is 0 Å². The summed E-state index contributed by atoms with van der Waals surface area (Å²) in [5.74, 6) is 1.05. The second-order valence-corrected chi connectivity index (χ2v) is 4.98. The average molecular weight is 242 g/mol. The summed E-state index contributed by atoms with van der Waals surface area (Å²) in [6.07, 6.45) is 1.95. The van der Waals surface area contributed by atoms with Crippen molar-refractivity contribution in [2.75, 3.05) is 0 Å². The van der Waals surface area contributed by atoms with E-state index in [0.29, 0.717) is 0 Å². The molecule has 2 nitrogen and oxygen atoms in total. The van der Waals surface area contributed by atoms with E-state index in [1.54, 1.807) is 11.3 Å². The van der Waals surface area contributed by atoms with E-state index in [1.807, 2.05) is 0 Å². The van der Waals surface area contributed by atoms with Gasteiger partial charge in [0.1, 0.15) is 5.82 Å². The van der Waals surface area contributed by atoms with Crippen LogP contribution in [0.15, 0.2) is 35.0 Å². The molecule has 0 aliphatic heterocycles. The van der Waals surface area contributed by atoms with Gasteiger partial charge < -0.3 is 4.98 Å². The molecule has 0 amide bonds. The Bertz CT molecular complexity index is 623. The molecular weight excluding hydrogens is 228 g/mol. The monoisotopic (exact) mass is 242 g/mol. The van der Waals surface area contributed by atoms with Crippen molar-refractivity contribution < 1.29 is 0 Å². The number of aryl methyl sites for hydroxylation is 1. The maximum atomic E-state index is 4.61. The lowest BCUT2D eigenvalue weighted by molar-refractivity contribution is 1.04. The second-order valence-electron chi connectivity index (χ2n) is 4.20. The van der Waals surface area contributed by atoms with Crippen molar-refractivity contribution in [3.8, 4) is 0 Å². The van der Waals surface area contributed by atoms with Gasteiger partial charge in [0.25, 0.3) is 0 Å². The van der Waals surface area contributed by atoms with E-state index < -0.39 is 0 Å². The maximum Gasteiger partial charge on any atom is 0.111 e. The highest BCUT2D eigenvalue weighted by Gasteiger charge is 2.04. The van der Waals surface area contributed by atoms with E-state index in [2.05, 4.69) is 51.9 Å². The Morgan fingerprint density at radius 2 is 2.18 bits per heavy atom. The molecule has 2 heterocycles. The van der Waals surface area contributed by atoms with Crippen molar-refractivity contribution in [2.45, 2.75) is 19.8 Å². The van der Waals surface area contributed by atoms with E-state index in [9.17, 15) is 0 Å². The van der Waals surface area contributed by atoms with Crippen LogP contribution in [0, 0.1) is 0 Å². The predicted octanol–water partition coefficient (Wildman–Crippen LogP) is 3.78. The molecule has 0 saturated heterocycles. The zero-order chi connectivity index (χ0) is 11.7. The van der Waals surface area contributed by atoms with Gasteiger partial charge in [0.15, 0.2) is 0 Å². The summed E-state index contributed by atoms with van der Waals surface area (Å²) in [5.41, 5.74) is 4.88. The minimum Gasteiger partial charge on any atom is -0.342 e. The smallest absolute Gasteiger partial charge is 0.111 e. The molecule has 1 N–H and O–H groups in total. The third-order valence-corrected chi connectivity index (χ3v) is 3.69. The molecule has 0 spiro atoms. The lowest BCUT2D eigenvalue weighted by Gasteiger charge is -1.94. The van der Waals surface area contributed by atoms with Crippen molar-refractivity contribution in [1.29, 1.82) is 0 Å². The van der Waals surface area contributed by atoms with E-state index >= 15 is 0 Å². The van der Waals surface area contributed by atoms with E-state index in [-0.39, 0.29) is 0 Å². The van der Waals surface area contributed by atoms with Gasteiger partial charge in [-0.15, -0.1) is 0 Å². The molecule has 0 fully saturated rings. The molecule has 3 rings (SSSR count). The summed E-state index contributed by atoms with van der Waals surface area (Å²) in [4.78, 5) is 8.01. The summed E-state index contributed by atoms with van der Waals surface area (Å²) in [6.45, 7) is 2.17. The Labute approximate surface area is 104 Å². The number of nitrogens with zero attached hydrogens (tertiary/aromatic N) is 1. The molecule has 3 aromatic rings. The predicted molar refractivity (Wildman–Crippen MR) is 72.6 cm³/mol. The maximum absolute atomic E-state index is 4.61. The molecule has 0 aliphatic rings. The van der Waals surface area contributed by atoms with Gasteiger partial charge in [-0.25, -0.2) is 4.98 Å². The Morgan fingerprint density at radius 3 is 2.94 bits per heavy atom. The number of fused-ring (bicyclic) bond motifs is 1. The number of hydrogen-bond donors (Lipinski definition) is 1. The number of rotatable bonds is 3. The van der Waals surface area contributed by atoms with Crippen LogP contribution in [-0.4, -0.2) is 9.97 Å². The van der Waals surface area contributed by atoms with E-state index in [0.717, 1.165) is 29.7 Å². The third kappa shape index (κ3) is 2.11. The van der Waals surface area contributed by atoms with Gasteiger partial charge in [-0.05, 0) is 46.5 Å². The summed E-state index contributed by atoms with van der Waals surface area (Å²) in [7, 11) is 0. The molecule has 0 unspecified atom stereocenters. The minimum atomic E-state index is 0.889. The zero-order valence-electron chi connectivity index (χ0n) is 9.73. The fourth-order valence-corrected chi connectivity index (χ4v) is 2.67. The van der Waals surface area contributed by atoms with Gasteiger partial charge in [-0.3, -0.25) is 0 Å². The SMILES string of the molecule is CCc1ccc2nc(Cc3ccsc3)[nH]c2c1. The molecule has 0 bridgehead atoms. The number of benzene rings is 1. The van der Waals surface area contributed by atoms with Crippen LogP contribution in [0.1, 0.15) is 23.9 Å². The second kappa shape index (κ2) is 4.34. The number of imidazole rings is 1. The Balaban J connectivity index is 1.96. The summed E-state index contributed by atoms with van der Waals surface area (Å²) >= 11 is 1.73. The molecule has 0 radical (unpaired) electrons. The van der Waals surface area contributed by atoms with Crippen LogP contribution in [0.25, 0.3) is 11.0 Å². The van der Waals surface area contributed by atoms with Crippen molar-refractivity contribution in [3.05, 3.63) is 52.0 Å². The highest BCUT2D eigenvalue weighted by molar-refractivity contribution is 7.07. The van der Waals surface area contributed by atoms with Gasteiger partial charge in [-0.1, -0.05) is 13.0 Å². The minimum absolute atomic E-state index is 0.889. The van der Waals surface area contributed by atoms with Crippen LogP contribution in [0.4, 0.5) is 0 Å². The molecular formula is C14H14N2S. The molecule has 3 heteroatoms. The standard InChI is InChI=1S/C14H14N2S/c1-2-10-3-4-12-13(7-10)16-14(15-12)8-11-5-6-17-9-11/h3-7,9H,2,8H2,1H3,(H,15,16). The summed E-state index contributed by atoms with van der Waals surface area (Å²) in [6, 6.07) is 8.59. The fourth-order valence-electron chi connectivity index (χ4n) is 2.00.